The van der Waals surface area contributed by atoms with Crippen LogP contribution in [-0.4, -0.2) is 17.8 Å². The van der Waals surface area contributed by atoms with Gasteiger partial charge in [0.25, 0.3) is 0 Å². The summed E-state index contributed by atoms with van der Waals surface area (Å²) < 4.78 is 5.07. The van der Waals surface area contributed by atoms with Gasteiger partial charge in [0.15, 0.2) is 0 Å². The Balaban J connectivity index is 2.84. The molecule has 1 rings (SSSR count). The van der Waals surface area contributed by atoms with Crippen LogP contribution >= 0.6 is 0 Å². The number of benzene rings is 1. The molecule has 0 bridgehead atoms. The van der Waals surface area contributed by atoms with E-state index in [1.165, 1.54) is 0 Å². The van der Waals surface area contributed by atoms with E-state index < -0.39 is 5.60 Å². The van der Waals surface area contributed by atoms with Gasteiger partial charge in [0, 0.05) is 11.1 Å². The summed E-state index contributed by atoms with van der Waals surface area (Å²) in [5, 5.41) is 10.2. The van der Waals surface area contributed by atoms with E-state index in [0.29, 0.717) is 18.4 Å². The molecule has 0 aliphatic rings. The van der Waals surface area contributed by atoms with Crippen LogP contribution in [0.15, 0.2) is 36.4 Å². The van der Waals surface area contributed by atoms with Crippen molar-refractivity contribution < 1.29 is 9.84 Å². The lowest BCUT2D eigenvalue weighted by Gasteiger charge is -2.24. The molecule has 0 aliphatic carbocycles. The van der Waals surface area contributed by atoms with E-state index in [0.717, 1.165) is 11.3 Å². The zero-order valence-corrected chi connectivity index (χ0v) is 11.0. The largest absolute Gasteiger partial charge is 0.497 e. The minimum Gasteiger partial charge on any atom is -0.497 e. The van der Waals surface area contributed by atoms with Crippen molar-refractivity contribution in [2.75, 3.05) is 7.11 Å². The fourth-order valence-electron chi connectivity index (χ4n) is 1.48. The first kappa shape index (κ1) is 14.3. The molecule has 1 unspecified atom stereocenters. The van der Waals surface area contributed by atoms with Crippen molar-refractivity contribution in [3.63, 3.8) is 0 Å². The van der Waals surface area contributed by atoms with Crippen LogP contribution in [-0.2, 0) is 0 Å². The van der Waals surface area contributed by atoms with Crippen molar-refractivity contribution in [3.8, 4) is 17.6 Å². The number of rotatable bonds is 4. The van der Waals surface area contributed by atoms with E-state index in [1.54, 1.807) is 7.11 Å². The molecule has 1 radical (unpaired) electrons. The lowest BCUT2D eigenvalue weighted by Crippen LogP contribution is -2.28. The Hall–Kier alpha value is -1.72. The van der Waals surface area contributed by atoms with Crippen molar-refractivity contribution in [1.82, 2.24) is 0 Å². The van der Waals surface area contributed by atoms with Crippen LogP contribution in [0.3, 0.4) is 0 Å². The minimum absolute atomic E-state index is 0.375. The van der Waals surface area contributed by atoms with Gasteiger partial charge in [-0.15, -0.1) is 0 Å². The van der Waals surface area contributed by atoms with Gasteiger partial charge in [0.1, 0.15) is 5.75 Å². The van der Waals surface area contributed by atoms with Gasteiger partial charge in [0.2, 0.25) is 0 Å². The molecule has 1 N–H and O–H groups in total. The van der Waals surface area contributed by atoms with Gasteiger partial charge < -0.3 is 9.84 Å². The highest BCUT2D eigenvalue weighted by Crippen LogP contribution is 2.22. The van der Waals surface area contributed by atoms with Gasteiger partial charge in [-0.1, -0.05) is 32.3 Å². The molecule has 2 nitrogen and oxygen atoms in total. The summed E-state index contributed by atoms with van der Waals surface area (Å²) in [6.45, 7) is 9.46. The second kappa shape index (κ2) is 6.28. The van der Waals surface area contributed by atoms with Gasteiger partial charge in [-0.05, 0) is 37.1 Å². The summed E-state index contributed by atoms with van der Waals surface area (Å²) in [5.41, 5.74) is 0.384. The molecule has 1 atom stereocenters. The molecular formula is C16H19O2. The first-order chi connectivity index (χ1) is 8.55. The van der Waals surface area contributed by atoms with Gasteiger partial charge in [0.05, 0.1) is 12.7 Å². The van der Waals surface area contributed by atoms with E-state index in [9.17, 15) is 5.11 Å². The number of hydrogen-bond donors (Lipinski definition) is 1. The molecule has 0 saturated heterocycles. The lowest BCUT2D eigenvalue weighted by atomic mass is 9.89. The van der Waals surface area contributed by atoms with Gasteiger partial charge in [-0.2, -0.15) is 0 Å². The zero-order valence-electron chi connectivity index (χ0n) is 11.0. The highest BCUT2D eigenvalue weighted by Gasteiger charge is 2.24. The number of methoxy groups -OCH3 is 1. The molecule has 0 amide bonds. The van der Waals surface area contributed by atoms with Gasteiger partial charge in [-0.3, -0.25) is 0 Å². The second-order valence-corrected chi connectivity index (χ2v) is 4.09. The third-order valence-electron chi connectivity index (χ3n) is 3.01. The predicted octanol–water partition coefficient (Wildman–Crippen LogP) is 2.97. The zero-order chi connectivity index (χ0) is 13.6. The first-order valence-electron chi connectivity index (χ1n) is 5.93. The Bertz CT molecular complexity index is 456. The molecule has 1 aromatic carbocycles. The summed E-state index contributed by atoms with van der Waals surface area (Å²) in [5.74, 6) is 6.67. The summed E-state index contributed by atoms with van der Waals surface area (Å²) >= 11 is 0. The van der Waals surface area contributed by atoms with Crippen LogP contribution < -0.4 is 4.74 Å². The van der Waals surface area contributed by atoms with Crippen molar-refractivity contribution in [3.05, 3.63) is 48.9 Å². The summed E-state index contributed by atoms with van der Waals surface area (Å²) in [4.78, 5) is 0. The van der Waals surface area contributed by atoms with Gasteiger partial charge >= 0.3 is 0 Å². The van der Waals surface area contributed by atoms with Crippen LogP contribution in [0.5, 0.6) is 5.75 Å². The summed E-state index contributed by atoms with van der Waals surface area (Å²) in [6.07, 6.45) is 0.937. The highest BCUT2D eigenvalue weighted by atomic mass is 16.5. The monoisotopic (exact) mass is 243 g/mol. The van der Waals surface area contributed by atoms with Crippen molar-refractivity contribution >= 4 is 0 Å². The topological polar surface area (TPSA) is 29.5 Å². The molecule has 2 heteroatoms. The van der Waals surface area contributed by atoms with Crippen molar-refractivity contribution in [2.45, 2.75) is 25.4 Å². The molecule has 0 aliphatic heterocycles. The molecule has 0 saturated carbocycles. The van der Waals surface area contributed by atoms with E-state index in [1.807, 2.05) is 31.2 Å². The number of ether oxygens (including phenoxy) is 1. The fourth-order valence-corrected chi connectivity index (χ4v) is 1.48. The maximum Gasteiger partial charge on any atom is 0.118 e. The molecule has 18 heavy (non-hydrogen) atoms. The SMILES string of the molecule is [CH2]CC(O)(CC)C(=C)C#Cc1ccc(OC)cc1. The van der Waals surface area contributed by atoms with Crippen LogP contribution in [0.1, 0.15) is 25.3 Å². The first-order valence-corrected chi connectivity index (χ1v) is 5.93. The van der Waals surface area contributed by atoms with Crippen molar-refractivity contribution in [1.29, 1.82) is 0 Å². The van der Waals surface area contributed by atoms with Crippen LogP contribution in [0, 0.1) is 18.8 Å². The average molecular weight is 243 g/mol. The standard InChI is InChI=1S/C16H19O2/c1-5-16(17,6-2)13(3)7-8-14-9-11-15(18-4)12-10-14/h9-12,17H,1,3,5-6H2,2,4H3. The number of aliphatic hydroxyl groups is 1. The summed E-state index contributed by atoms with van der Waals surface area (Å²) in [6, 6.07) is 7.43. The third kappa shape index (κ3) is 3.38. The smallest absolute Gasteiger partial charge is 0.118 e. The Labute approximate surface area is 109 Å². The van der Waals surface area contributed by atoms with E-state index in [2.05, 4.69) is 25.3 Å². The van der Waals surface area contributed by atoms with Gasteiger partial charge in [-0.25, -0.2) is 0 Å². The minimum atomic E-state index is -0.987. The number of hydrogen-bond acceptors (Lipinski definition) is 2. The molecule has 0 fully saturated rings. The molecule has 1 aromatic rings. The summed E-state index contributed by atoms with van der Waals surface area (Å²) in [7, 11) is 1.62. The molecule has 0 spiro atoms. The van der Waals surface area contributed by atoms with E-state index >= 15 is 0 Å². The lowest BCUT2D eigenvalue weighted by molar-refractivity contribution is 0.0819. The quantitative estimate of drug-likeness (QED) is 0.824. The van der Waals surface area contributed by atoms with E-state index in [4.69, 9.17) is 4.74 Å². The van der Waals surface area contributed by atoms with Crippen LogP contribution in [0.4, 0.5) is 0 Å². The average Bonchev–Trinajstić information content (AvgIpc) is 2.44. The molecule has 0 aromatic heterocycles. The van der Waals surface area contributed by atoms with Crippen LogP contribution in [0.25, 0.3) is 0 Å². The Kier molecular flexibility index (Phi) is 5.00. The second-order valence-electron chi connectivity index (χ2n) is 4.09. The Morgan fingerprint density at radius 3 is 2.44 bits per heavy atom. The maximum atomic E-state index is 10.2. The Morgan fingerprint density at radius 1 is 1.39 bits per heavy atom. The maximum absolute atomic E-state index is 10.2. The normalized spacial score (nSPS) is 10.4. The molecule has 0 heterocycles. The predicted molar refractivity (Wildman–Crippen MR) is 74.2 cm³/mol. The molecule has 95 valence electrons. The van der Waals surface area contributed by atoms with Crippen LogP contribution in [0.2, 0.25) is 0 Å². The van der Waals surface area contributed by atoms with Crippen molar-refractivity contribution in [2.24, 2.45) is 0 Å². The van der Waals surface area contributed by atoms with E-state index in [-0.39, 0.29) is 0 Å². The molecular weight excluding hydrogens is 224 g/mol. The Morgan fingerprint density at radius 2 is 2.00 bits per heavy atom. The highest BCUT2D eigenvalue weighted by molar-refractivity contribution is 5.44. The third-order valence-corrected chi connectivity index (χ3v) is 3.01. The fraction of sp³-hybridized carbons (Fsp3) is 0.312.